The molecule has 0 bridgehead atoms. The number of carbonyl (C=O) groups excluding carboxylic acids is 2. The number of β-amino-alcohol motifs (C(OH)–C–C–N with tert-alkyl or cyclic N) is 1. The van der Waals surface area contributed by atoms with Gasteiger partial charge in [0.2, 0.25) is 5.91 Å². The van der Waals surface area contributed by atoms with Crippen LogP contribution in [0.3, 0.4) is 0 Å². The Bertz CT molecular complexity index is 604. The number of carbonyl (C=O) groups is 2. The van der Waals surface area contributed by atoms with Crippen LogP contribution in [0.4, 0.5) is 5.69 Å². The zero-order chi connectivity index (χ0) is 16.4. The number of esters is 1. The highest BCUT2D eigenvalue weighted by Gasteiger charge is 2.38. The molecule has 2 unspecified atom stereocenters. The topological polar surface area (TPSA) is 70.1 Å². The van der Waals surface area contributed by atoms with Gasteiger partial charge in [-0.1, -0.05) is 18.2 Å². The van der Waals surface area contributed by atoms with Gasteiger partial charge in [-0.05, 0) is 18.1 Å². The maximum Gasteiger partial charge on any atom is 0.307 e. The van der Waals surface area contributed by atoms with E-state index in [-0.39, 0.29) is 24.3 Å². The van der Waals surface area contributed by atoms with Crippen molar-refractivity contribution in [2.45, 2.75) is 31.4 Å². The van der Waals surface area contributed by atoms with Crippen molar-refractivity contribution in [1.29, 1.82) is 0 Å². The largest absolute Gasteiger partial charge is 0.469 e. The number of para-hydroxylation sites is 1. The second kappa shape index (κ2) is 6.58. The van der Waals surface area contributed by atoms with Crippen LogP contribution in [0.2, 0.25) is 0 Å². The van der Waals surface area contributed by atoms with Gasteiger partial charge in [0.15, 0.2) is 0 Å². The van der Waals surface area contributed by atoms with Gasteiger partial charge in [-0.25, -0.2) is 0 Å². The third-order valence-corrected chi connectivity index (χ3v) is 4.62. The van der Waals surface area contributed by atoms with Crippen LogP contribution in [0.25, 0.3) is 0 Å². The number of likely N-dealkylation sites (tertiary alicyclic amines) is 1. The summed E-state index contributed by atoms with van der Waals surface area (Å²) in [6.45, 7) is 1.49. The molecule has 6 heteroatoms. The molecule has 0 aromatic heterocycles. The third kappa shape index (κ3) is 3.17. The first-order chi connectivity index (χ1) is 11.1. The van der Waals surface area contributed by atoms with Crippen molar-refractivity contribution >= 4 is 17.6 Å². The minimum Gasteiger partial charge on any atom is -0.469 e. The molecule has 124 valence electrons. The Kier molecular flexibility index (Phi) is 4.52. The van der Waals surface area contributed by atoms with E-state index >= 15 is 0 Å². The Hall–Kier alpha value is -2.08. The van der Waals surface area contributed by atoms with E-state index in [2.05, 4.69) is 4.74 Å². The SMILES string of the molecule is COC(=O)CCN1CCC(N2CC(O)Cc3ccccc32)C1=O. The van der Waals surface area contributed by atoms with Crippen LogP contribution in [0.1, 0.15) is 18.4 Å². The summed E-state index contributed by atoms with van der Waals surface area (Å²) in [5.74, 6) is -0.280. The van der Waals surface area contributed by atoms with Crippen molar-refractivity contribution in [2.24, 2.45) is 0 Å². The van der Waals surface area contributed by atoms with Crippen molar-refractivity contribution in [3.8, 4) is 0 Å². The Morgan fingerprint density at radius 1 is 1.39 bits per heavy atom. The summed E-state index contributed by atoms with van der Waals surface area (Å²) in [6, 6.07) is 7.65. The number of nitrogens with zero attached hydrogens (tertiary/aromatic N) is 2. The first kappa shape index (κ1) is 15.8. The zero-order valence-corrected chi connectivity index (χ0v) is 13.3. The van der Waals surface area contributed by atoms with Gasteiger partial charge in [0.05, 0.1) is 19.6 Å². The Morgan fingerprint density at radius 2 is 2.17 bits per heavy atom. The van der Waals surface area contributed by atoms with Crippen LogP contribution < -0.4 is 4.90 Å². The molecule has 0 saturated carbocycles. The van der Waals surface area contributed by atoms with Crippen LogP contribution in [0.5, 0.6) is 0 Å². The van der Waals surface area contributed by atoms with Crippen LogP contribution in [0, 0.1) is 0 Å². The Balaban J connectivity index is 1.73. The van der Waals surface area contributed by atoms with Gasteiger partial charge < -0.3 is 19.6 Å². The second-order valence-electron chi connectivity index (χ2n) is 6.09. The van der Waals surface area contributed by atoms with E-state index in [0.29, 0.717) is 32.5 Å². The average molecular weight is 318 g/mol. The summed E-state index contributed by atoms with van der Waals surface area (Å²) >= 11 is 0. The molecule has 0 aliphatic carbocycles. The average Bonchev–Trinajstić information content (AvgIpc) is 2.92. The summed E-state index contributed by atoms with van der Waals surface area (Å²) in [5, 5.41) is 10.1. The molecule has 0 spiro atoms. The Morgan fingerprint density at radius 3 is 2.96 bits per heavy atom. The van der Waals surface area contributed by atoms with Crippen LogP contribution in [-0.2, 0) is 20.7 Å². The number of fused-ring (bicyclic) bond motifs is 1. The predicted octanol–water partition coefficient (Wildman–Crippen LogP) is 0.574. The van der Waals surface area contributed by atoms with E-state index in [1.165, 1.54) is 7.11 Å². The normalized spacial score (nSPS) is 23.8. The summed E-state index contributed by atoms with van der Waals surface area (Å²) in [5.41, 5.74) is 2.11. The van der Waals surface area contributed by atoms with Crippen molar-refractivity contribution < 1.29 is 19.4 Å². The lowest BCUT2D eigenvalue weighted by Crippen LogP contribution is -2.48. The zero-order valence-electron chi connectivity index (χ0n) is 13.3. The summed E-state index contributed by atoms with van der Waals surface area (Å²) < 4.78 is 4.63. The van der Waals surface area contributed by atoms with Crippen molar-refractivity contribution in [1.82, 2.24) is 4.90 Å². The van der Waals surface area contributed by atoms with Crippen molar-refractivity contribution in [3.05, 3.63) is 29.8 Å². The van der Waals surface area contributed by atoms with E-state index in [1.54, 1.807) is 4.90 Å². The molecule has 1 N–H and O–H groups in total. The van der Waals surface area contributed by atoms with E-state index in [9.17, 15) is 14.7 Å². The number of rotatable bonds is 4. The number of aliphatic hydroxyl groups is 1. The third-order valence-electron chi connectivity index (χ3n) is 4.62. The summed E-state index contributed by atoms with van der Waals surface area (Å²) in [7, 11) is 1.35. The number of methoxy groups -OCH3 is 1. The fourth-order valence-corrected chi connectivity index (χ4v) is 3.46. The molecule has 2 heterocycles. The standard InChI is InChI=1S/C17H22N2O4/c1-23-16(21)7-9-18-8-6-15(17(18)22)19-11-13(20)10-12-4-2-3-5-14(12)19/h2-5,13,15,20H,6-11H2,1H3. The molecule has 2 aliphatic heterocycles. The summed E-state index contributed by atoms with van der Waals surface area (Å²) in [6.07, 6.45) is 1.09. The molecule has 1 fully saturated rings. The first-order valence-corrected chi connectivity index (χ1v) is 7.98. The molecule has 1 aromatic carbocycles. The van der Waals surface area contributed by atoms with Gasteiger partial charge in [0, 0.05) is 31.7 Å². The molecule has 1 aromatic rings. The number of hydrogen-bond acceptors (Lipinski definition) is 5. The Labute approximate surface area is 135 Å². The molecule has 1 amide bonds. The maximum atomic E-state index is 12.7. The number of benzene rings is 1. The summed E-state index contributed by atoms with van der Waals surface area (Å²) in [4.78, 5) is 27.7. The van der Waals surface area contributed by atoms with Gasteiger partial charge in [0.1, 0.15) is 6.04 Å². The van der Waals surface area contributed by atoms with E-state index in [4.69, 9.17) is 0 Å². The lowest BCUT2D eigenvalue weighted by Gasteiger charge is -2.37. The maximum absolute atomic E-state index is 12.7. The van der Waals surface area contributed by atoms with Crippen LogP contribution in [-0.4, -0.2) is 60.8 Å². The smallest absolute Gasteiger partial charge is 0.307 e. The molecule has 6 nitrogen and oxygen atoms in total. The molecule has 2 aliphatic rings. The number of ether oxygens (including phenoxy) is 1. The number of anilines is 1. The lowest BCUT2D eigenvalue weighted by atomic mass is 9.97. The molecular weight excluding hydrogens is 296 g/mol. The molecule has 23 heavy (non-hydrogen) atoms. The number of amides is 1. The van der Waals surface area contributed by atoms with Gasteiger partial charge >= 0.3 is 5.97 Å². The number of aliphatic hydroxyl groups excluding tert-OH is 1. The van der Waals surface area contributed by atoms with Crippen LogP contribution in [0.15, 0.2) is 24.3 Å². The molecule has 0 radical (unpaired) electrons. The quantitative estimate of drug-likeness (QED) is 0.822. The molecule has 2 atom stereocenters. The minimum atomic E-state index is -0.457. The minimum absolute atomic E-state index is 0.0257. The molecule has 1 saturated heterocycles. The van der Waals surface area contributed by atoms with E-state index in [0.717, 1.165) is 11.3 Å². The van der Waals surface area contributed by atoms with Crippen LogP contribution >= 0.6 is 0 Å². The highest BCUT2D eigenvalue weighted by molar-refractivity contribution is 5.88. The van der Waals surface area contributed by atoms with Gasteiger partial charge in [-0.15, -0.1) is 0 Å². The van der Waals surface area contributed by atoms with Gasteiger partial charge in [-0.3, -0.25) is 9.59 Å². The lowest BCUT2D eigenvalue weighted by molar-refractivity contribution is -0.141. The predicted molar refractivity (Wildman–Crippen MR) is 85.1 cm³/mol. The first-order valence-electron chi connectivity index (χ1n) is 7.98. The molecular formula is C17H22N2O4. The van der Waals surface area contributed by atoms with Crippen molar-refractivity contribution in [3.63, 3.8) is 0 Å². The highest BCUT2D eigenvalue weighted by Crippen LogP contribution is 2.31. The van der Waals surface area contributed by atoms with E-state index < -0.39 is 6.10 Å². The van der Waals surface area contributed by atoms with Crippen molar-refractivity contribution in [2.75, 3.05) is 31.6 Å². The van der Waals surface area contributed by atoms with E-state index in [1.807, 2.05) is 29.2 Å². The number of hydrogen-bond donors (Lipinski definition) is 1. The fraction of sp³-hybridized carbons (Fsp3) is 0.529. The monoisotopic (exact) mass is 318 g/mol. The fourth-order valence-electron chi connectivity index (χ4n) is 3.46. The van der Waals surface area contributed by atoms with Gasteiger partial charge in [-0.2, -0.15) is 0 Å². The highest BCUT2D eigenvalue weighted by atomic mass is 16.5. The van der Waals surface area contributed by atoms with Gasteiger partial charge in [0.25, 0.3) is 0 Å². The second-order valence-corrected chi connectivity index (χ2v) is 6.09. The molecule has 3 rings (SSSR count).